The summed E-state index contributed by atoms with van der Waals surface area (Å²) in [5.41, 5.74) is 3.33. The molecule has 0 aromatic heterocycles. The van der Waals surface area contributed by atoms with E-state index in [1.807, 2.05) is 0 Å². The highest BCUT2D eigenvalue weighted by molar-refractivity contribution is 7.92. The molecule has 0 saturated heterocycles. The maximum absolute atomic E-state index is 13.4. The third kappa shape index (κ3) is 8.83. The van der Waals surface area contributed by atoms with Crippen LogP contribution in [0.2, 0.25) is 5.02 Å². The molecule has 0 heterocycles. The normalized spacial score (nSPS) is 11.7. The van der Waals surface area contributed by atoms with Crippen LogP contribution in [0.15, 0.2) is 82.8 Å². The van der Waals surface area contributed by atoms with Crippen LogP contribution in [0.3, 0.4) is 0 Å². The van der Waals surface area contributed by atoms with E-state index in [1.54, 1.807) is 88.4 Å². The summed E-state index contributed by atoms with van der Waals surface area (Å²) in [4.78, 5) is 24.6. The Bertz CT molecular complexity index is 1440. The lowest BCUT2D eigenvalue weighted by atomic mass is 10.2. The quantitative estimate of drug-likeness (QED) is 0.214. The zero-order valence-corrected chi connectivity index (χ0v) is 23.6. The molecule has 206 valence electrons. The summed E-state index contributed by atoms with van der Waals surface area (Å²) < 4.78 is 38.5. The number of halogens is 1. The standard InChI is InChI=1S/C28H30ClN3O6S/c1-20-16-22(29)12-15-25(20)32(39(35,36)24-8-6-5-7-9-24)18-26(33)31-30-17-21-10-13-23(14-11-21)37-19-27(34)38-28(2,3)4/h5-17H,18-19H2,1-4H3,(H,31,33)/b30-17-. The van der Waals surface area contributed by atoms with Crippen LogP contribution in [-0.4, -0.2) is 45.3 Å². The predicted octanol–water partition coefficient (Wildman–Crippen LogP) is 4.71. The minimum Gasteiger partial charge on any atom is -0.482 e. The Kier molecular flexibility index (Phi) is 9.71. The first-order valence-electron chi connectivity index (χ1n) is 12.0. The molecule has 0 spiro atoms. The summed E-state index contributed by atoms with van der Waals surface area (Å²) in [5.74, 6) is -0.660. The van der Waals surface area contributed by atoms with Crippen molar-refractivity contribution in [1.82, 2.24) is 5.43 Å². The van der Waals surface area contributed by atoms with Gasteiger partial charge in [-0.3, -0.25) is 9.10 Å². The van der Waals surface area contributed by atoms with Crippen molar-refractivity contribution in [2.45, 2.75) is 38.2 Å². The molecule has 11 heteroatoms. The monoisotopic (exact) mass is 571 g/mol. The maximum Gasteiger partial charge on any atom is 0.344 e. The molecule has 9 nitrogen and oxygen atoms in total. The number of carbonyl (C=O) groups is 2. The highest BCUT2D eigenvalue weighted by Gasteiger charge is 2.28. The summed E-state index contributed by atoms with van der Waals surface area (Å²) in [6.07, 6.45) is 1.40. The van der Waals surface area contributed by atoms with Crippen LogP contribution in [0.1, 0.15) is 31.9 Å². The molecule has 0 radical (unpaired) electrons. The van der Waals surface area contributed by atoms with Crippen molar-refractivity contribution in [2.75, 3.05) is 17.5 Å². The molecule has 3 aromatic rings. The van der Waals surface area contributed by atoms with Gasteiger partial charge in [0.2, 0.25) is 0 Å². The number of hydrogen-bond donors (Lipinski definition) is 1. The largest absolute Gasteiger partial charge is 0.482 e. The van der Waals surface area contributed by atoms with Crippen LogP contribution in [0.25, 0.3) is 0 Å². The summed E-state index contributed by atoms with van der Waals surface area (Å²) in [7, 11) is -4.06. The molecule has 0 bridgehead atoms. The van der Waals surface area contributed by atoms with Gasteiger partial charge in [-0.25, -0.2) is 18.6 Å². The lowest BCUT2D eigenvalue weighted by Gasteiger charge is -2.25. The molecule has 3 aromatic carbocycles. The zero-order chi connectivity index (χ0) is 28.6. The minimum absolute atomic E-state index is 0.0460. The van der Waals surface area contributed by atoms with Crippen LogP contribution in [0.5, 0.6) is 5.75 Å². The van der Waals surface area contributed by atoms with Gasteiger partial charge in [-0.1, -0.05) is 29.8 Å². The number of nitrogens with zero attached hydrogens (tertiary/aromatic N) is 2. The summed E-state index contributed by atoms with van der Waals surface area (Å²) in [5, 5.41) is 4.39. The lowest BCUT2D eigenvalue weighted by Crippen LogP contribution is -2.40. The molecule has 1 N–H and O–H groups in total. The molecule has 0 aliphatic heterocycles. The van der Waals surface area contributed by atoms with Crippen molar-refractivity contribution < 1.29 is 27.5 Å². The van der Waals surface area contributed by atoms with Gasteiger partial charge in [-0.15, -0.1) is 0 Å². The second-order valence-corrected chi connectivity index (χ2v) is 11.8. The number of aryl methyl sites for hydroxylation is 1. The van der Waals surface area contributed by atoms with E-state index in [9.17, 15) is 18.0 Å². The Labute approximate surface area is 233 Å². The van der Waals surface area contributed by atoms with E-state index < -0.39 is 34.0 Å². The first-order valence-corrected chi connectivity index (χ1v) is 13.8. The van der Waals surface area contributed by atoms with E-state index in [2.05, 4.69) is 10.5 Å². The van der Waals surface area contributed by atoms with Crippen molar-refractivity contribution >= 4 is 45.4 Å². The topological polar surface area (TPSA) is 114 Å². The van der Waals surface area contributed by atoms with E-state index >= 15 is 0 Å². The number of carbonyl (C=O) groups excluding carboxylic acids is 2. The Morgan fingerprint density at radius 1 is 1.03 bits per heavy atom. The Morgan fingerprint density at radius 2 is 1.69 bits per heavy atom. The average molecular weight is 572 g/mol. The molecular formula is C28H30ClN3O6S. The summed E-state index contributed by atoms with van der Waals surface area (Å²) >= 11 is 6.05. The van der Waals surface area contributed by atoms with Gasteiger partial charge in [0.15, 0.2) is 6.61 Å². The van der Waals surface area contributed by atoms with Crippen molar-refractivity contribution in [3.63, 3.8) is 0 Å². The molecule has 0 unspecified atom stereocenters. The van der Waals surface area contributed by atoms with Crippen molar-refractivity contribution in [1.29, 1.82) is 0 Å². The van der Waals surface area contributed by atoms with E-state index in [0.29, 0.717) is 27.6 Å². The van der Waals surface area contributed by atoms with Gasteiger partial charge in [0.25, 0.3) is 15.9 Å². The first kappa shape index (κ1) is 29.7. The lowest BCUT2D eigenvalue weighted by molar-refractivity contribution is -0.157. The molecule has 1 amide bonds. The molecule has 3 rings (SSSR count). The number of hydrogen-bond acceptors (Lipinski definition) is 7. The number of nitrogens with one attached hydrogen (secondary N) is 1. The fraction of sp³-hybridized carbons (Fsp3) is 0.250. The highest BCUT2D eigenvalue weighted by Crippen LogP contribution is 2.28. The number of rotatable bonds is 10. The van der Waals surface area contributed by atoms with E-state index in [4.69, 9.17) is 21.1 Å². The number of hydrazone groups is 1. The van der Waals surface area contributed by atoms with E-state index in [-0.39, 0.29) is 11.5 Å². The number of anilines is 1. The number of benzene rings is 3. The van der Waals surface area contributed by atoms with E-state index in [0.717, 1.165) is 4.31 Å². The van der Waals surface area contributed by atoms with Gasteiger partial charge in [0.05, 0.1) is 16.8 Å². The first-order chi connectivity index (χ1) is 18.3. The van der Waals surface area contributed by atoms with Gasteiger partial charge in [0, 0.05) is 5.02 Å². The Balaban J connectivity index is 1.66. The van der Waals surface area contributed by atoms with Crippen LogP contribution in [0, 0.1) is 6.92 Å². The van der Waals surface area contributed by atoms with Gasteiger partial charge in [-0.05, 0) is 93.4 Å². The molecule has 39 heavy (non-hydrogen) atoms. The van der Waals surface area contributed by atoms with Crippen molar-refractivity contribution in [3.8, 4) is 5.75 Å². The van der Waals surface area contributed by atoms with Crippen molar-refractivity contribution in [2.24, 2.45) is 5.10 Å². The van der Waals surface area contributed by atoms with Crippen molar-refractivity contribution in [3.05, 3.63) is 88.9 Å². The van der Waals surface area contributed by atoms with Gasteiger partial charge >= 0.3 is 5.97 Å². The van der Waals surface area contributed by atoms with Gasteiger partial charge < -0.3 is 9.47 Å². The maximum atomic E-state index is 13.4. The van der Waals surface area contributed by atoms with Crippen LogP contribution in [-0.2, 0) is 24.3 Å². The summed E-state index contributed by atoms with van der Waals surface area (Å²) in [6, 6.07) is 19.3. The number of esters is 1. The number of ether oxygens (including phenoxy) is 2. The molecule has 0 atom stereocenters. The smallest absolute Gasteiger partial charge is 0.344 e. The fourth-order valence-electron chi connectivity index (χ4n) is 3.43. The Hall–Kier alpha value is -3.89. The second kappa shape index (κ2) is 12.8. The molecule has 0 saturated carbocycles. The third-order valence-electron chi connectivity index (χ3n) is 5.11. The number of amides is 1. The summed E-state index contributed by atoms with van der Waals surface area (Å²) in [6.45, 7) is 6.30. The van der Waals surface area contributed by atoms with Gasteiger partial charge in [-0.2, -0.15) is 5.10 Å². The molecule has 0 aliphatic carbocycles. The highest BCUT2D eigenvalue weighted by atomic mass is 35.5. The zero-order valence-electron chi connectivity index (χ0n) is 22.0. The molecular weight excluding hydrogens is 542 g/mol. The average Bonchev–Trinajstić information content (AvgIpc) is 2.87. The fourth-order valence-corrected chi connectivity index (χ4v) is 5.16. The predicted molar refractivity (Wildman–Crippen MR) is 151 cm³/mol. The SMILES string of the molecule is Cc1cc(Cl)ccc1N(CC(=O)N/N=C\c1ccc(OCC(=O)OC(C)(C)C)cc1)S(=O)(=O)c1ccccc1. The van der Waals surface area contributed by atoms with Crippen LogP contribution < -0.4 is 14.5 Å². The van der Waals surface area contributed by atoms with Crippen LogP contribution in [0.4, 0.5) is 5.69 Å². The molecule has 0 aliphatic rings. The molecule has 0 fully saturated rings. The van der Waals surface area contributed by atoms with Crippen LogP contribution >= 0.6 is 11.6 Å². The second-order valence-electron chi connectivity index (χ2n) is 9.49. The minimum atomic E-state index is -4.06. The third-order valence-corrected chi connectivity index (χ3v) is 7.11. The number of sulfonamides is 1. The van der Waals surface area contributed by atoms with Gasteiger partial charge in [0.1, 0.15) is 17.9 Å². The van der Waals surface area contributed by atoms with E-state index in [1.165, 1.54) is 18.3 Å². The Morgan fingerprint density at radius 3 is 2.31 bits per heavy atom.